The minimum atomic E-state index is -1.22. The molecule has 11 nitrogen and oxygen atoms in total. The van der Waals surface area contributed by atoms with Crippen LogP contribution in [0.2, 0.25) is 0 Å². The van der Waals surface area contributed by atoms with Gasteiger partial charge in [-0.1, -0.05) is 0 Å². The Kier molecular flexibility index (Phi) is 12.2. The molecule has 2 amide bonds. The maximum Gasteiger partial charge on any atom is 0.326 e. The van der Waals surface area contributed by atoms with Gasteiger partial charge in [0.05, 0.1) is 6.10 Å². The number of carbonyl (C=O) groups is 3. The molecule has 4 atom stereocenters. The molecule has 10 N–H and O–H groups in total. The van der Waals surface area contributed by atoms with Crippen molar-refractivity contribution < 1.29 is 24.6 Å². The van der Waals surface area contributed by atoms with E-state index in [1.807, 2.05) is 6.26 Å². The largest absolute Gasteiger partial charge is 0.480 e. The lowest BCUT2D eigenvalue weighted by atomic mass is 10.1. The molecule has 0 saturated heterocycles. The highest BCUT2D eigenvalue weighted by Gasteiger charge is 2.28. The first-order chi connectivity index (χ1) is 12.6. The monoisotopic (exact) mass is 406 g/mol. The molecule has 0 radical (unpaired) electrons. The number of hydrogen-bond donors (Lipinski definition) is 7. The van der Waals surface area contributed by atoms with Crippen molar-refractivity contribution in [2.75, 3.05) is 18.6 Å². The number of aliphatic hydroxyl groups is 1. The highest BCUT2D eigenvalue weighted by Crippen LogP contribution is 2.05. The summed E-state index contributed by atoms with van der Waals surface area (Å²) in [6, 6.07) is -3.33. The highest BCUT2D eigenvalue weighted by molar-refractivity contribution is 7.98. The van der Waals surface area contributed by atoms with Crippen LogP contribution in [-0.4, -0.2) is 76.7 Å². The summed E-state index contributed by atoms with van der Waals surface area (Å²) in [6.07, 6.45) is 1.48. The van der Waals surface area contributed by atoms with Crippen LogP contribution in [0.4, 0.5) is 0 Å². The molecule has 0 rings (SSSR count). The van der Waals surface area contributed by atoms with Crippen LogP contribution in [-0.2, 0) is 14.4 Å². The standard InChI is InChI=1S/C15H30N6O5S/c1-8(22)11(16)13(24)20-9(4-3-6-19-15(17)18)12(23)21-10(14(25)26)5-7-27-2/h8-11,22H,3-7,16H2,1-2H3,(H,20,24)(H,21,23)(H,25,26)(H4,17,18,19). The molecule has 0 aliphatic carbocycles. The molecule has 4 unspecified atom stereocenters. The van der Waals surface area contributed by atoms with Gasteiger partial charge in [-0.15, -0.1) is 0 Å². The van der Waals surface area contributed by atoms with E-state index in [1.54, 1.807) is 0 Å². The van der Waals surface area contributed by atoms with E-state index in [2.05, 4.69) is 15.6 Å². The van der Waals surface area contributed by atoms with Gasteiger partial charge in [-0.2, -0.15) is 11.8 Å². The Morgan fingerprint density at radius 2 is 1.70 bits per heavy atom. The van der Waals surface area contributed by atoms with Crippen molar-refractivity contribution in [2.45, 2.75) is 50.4 Å². The molecule has 0 aromatic heterocycles. The zero-order valence-corrected chi connectivity index (χ0v) is 16.4. The topological polar surface area (TPSA) is 206 Å². The van der Waals surface area contributed by atoms with Crippen LogP contribution in [0.5, 0.6) is 0 Å². The van der Waals surface area contributed by atoms with E-state index in [9.17, 15) is 24.6 Å². The minimum Gasteiger partial charge on any atom is -0.480 e. The summed E-state index contributed by atoms with van der Waals surface area (Å²) in [6.45, 7) is 1.58. The minimum absolute atomic E-state index is 0.0980. The maximum absolute atomic E-state index is 12.5. The first-order valence-corrected chi connectivity index (χ1v) is 9.81. The van der Waals surface area contributed by atoms with Crippen LogP contribution < -0.4 is 27.8 Å². The maximum atomic E-state index is 12.5. The van der Waals surface area contributed by atoms with E-state index in [1.165, 1.54) is 18.7 Å². The van der Waals surface area contributed by atoms with Crippen LogP contribution in [0.3, 0.4) is 0 Å². The molecule has 0 heterocycles. The van der Waals surface area contributed by atoms with Crippen molar-refractivity contribution >= 4 is 35.5 Å². The molecule has 27 heavy (non-hydrogen) atoms. The van der Waals surface area contributed by atoms with Gasteiger partial charge in [0.2, 0.25) is 11.8 Å². The van der Waals surface area contributed by atoms with Gasteiger partial charge in [0.15, 0.2) is 5.96 Å². The fourth-order valence-corrected chi connectivity index (χ4v) is 2.50. The number of aliphatic carboxylic acids is 1. The van der Waals surface area contributed by atoms with Gasteiger partial charge in [0.1, 0.15) is 18.1 Å². The third-order valence-electron chi connectivity index (χ3n) is 3.63. The average Bonchev–Trinajstić information content (AvgIpc) is 2.59. The van der Waals surface area contributed by atoms with Crippen molar-refractivity contribution in [3.05, 3.63) is 0 Å². The Morgan fingerprint density at radius 3 is 2.19 bits per heavy atom. The first-order valence-electron chi connectivity index (χ1n) is 8.41. The Morgan fingerprint density at radius 1 is 1.11 bits per heavy atom. The third kappa shape index (κ3) is 10.6. The number of amides is 2. The van der Waals surface area contributed by atoms with Crippen LogP contribution >= 0.6 is 11.8 Å². The van der Waals surface area contributed by atoms with Gasteiger partial charge in [0, 0.05) is 6.54 Å². The van der Waals surface area contributed by atoms with Crippen molar-refractivity contribution in [2.24, 2.45) is 22.2 Å². The number of hydrogen-bond acceptors (Lipinski definition) is 7. The molecule has 0 bridgehead atoms. The number of rotatable bonds is 13. The molecular weight excluding hydrogens is 376 g/mol. The fraction of sp³-hybridized carbons (Fsp3) is 0.733. The van der Waals surface area contributed by atoms with Gasteiger partial charge in [-0.25, -0.2) is 4.79 Å². The van der Waals surface area contributed by atoms with Crippen molar-refractivity contribution in [3.63, 3.8) is 0 Å². The normalized spacial score (nSPS) is 15.1. The SMILES string of the molecule is CSCCC(NC(=O)C(CCCN=C(N)N)NC(=O)C(N)C(C)O)C(=O)O. The molecular formula is C15H30N6O5S. The summed E-state index contributed by atoms with van der Waals surface area (Å²) in [5.41, 5.74) is 16.0. The molecule has 0 aromatic rings. The number of nitrogens with two attached hydrogens (primary N) is 3. The second-order valence-corrected chi connectivity index (χ2v) is 6.94. The summed E-state index contributed by atoms with van der Waals surface area (Å²) in [7, 11) is 0. The summed E-state index contributed by atoms with van der Waals surface area (Å²) in [5, 5.41) is 23.5. The number of thioether (sulfide) groups is 1. The predicted molar refractivity (Wildman–Crippen MR) is 104 cm³/mol. The van der Waals surface area contributed by atoms with Crippen LogP contribution in [0.1, 0.15) is 26.2 Å². The summed E-state index contributed by atoms with van der Waals surface area (Å²) in [5.74, 6) is -2.09. The van der Waals surface area contributed by atoms with E-state index in [0.717, 1.165) is 0 Å². The number of carbonyl (C=O) groups excluding carboxylic acids is 2. The van der Waals surface area contributed by atoms with E-state index in [4.69, 9.17) is 17.2 Å². The van der Waals surface area contributed by atoms with Gasteiger partial charge < -0.3 is 38.0 Å². The second-order valence-electron chi connectivity index (χ2n) is 5.96. The van der Waals surface area contributed by atoms with Gasteiger partial charge >= 0.3 is 5.97 Å². The molecule has 156 valence electrons. The third-order valence-corrected chi connectivity index (χ3v) is 4.27. The fourth-order valence-electron chi connectivity index (χ4n) is 2.02. The molecule has 0 aliphatic rings. The van der Waals surface area contributed by atoms with Gasteiger partial charge in [-0.3, -0.25) is 14.6 Å². The zero-order valence-electron chi connectivity index (χ0n) is 15.6. The van der Waals surface area contributed by atoms with E-state index in [0.29, 0.717) is 12.2 Å². The summed E-state index contributed by atoms with van der Waals surface area (Å²) in [4.78, 5) is 39.7. The number of aliphatic imine (C=N–C) groups is 1. The molecule has 12 heteroatoms. The number of carboxylic acid groups (broad SMARTS) is 1. The molecule has 0 fully saturated rings. The summed E-state index contributed by atoms with van der Waals surface area (Å²) < 4.78 is 0. The van der Waals surface area contributed by atoms with Crippen molar-refractivity contribution in [1.29, 1.82) is 0 Å². The Hall–Kier alpha value is -2.05. The van der Waals surface area contributed by atoms with Crippen LogP contribution in [0.15, 0.2) is 4.99 Å². The Labute approximate surface area is 162 Å². The zero-order chi connectivity index (χ0) is 21.0. The highest BCUT2D eigenvalue weighted by atomic mass is 32.2. The van der Waals surface area contributed by atoms with Gasteiger partial charge in [-0.05, 0) is 38.2 Å². The smallest absolute Gasteiger partial charge is 0.326 e. The van der Waals surface area contributed by atoms with Crippen molar-refractivity contribution in [1.82, 2.24) is 10.6 Å². The second kappa shape index (κ2) is 13.2. The molecule has 0 saturated carbocycles. The van der Waals surface area contributed by atoms with Crippen molar-refractivity contribution in [3.8, 4) is 0 Å². The van der Waals surface area contributed by atoms with Gasteiger partial charge in [0.25, 0.3) is 0 Å². The first kappa shape index (κ1) is 24.9. The lowest BCUT2D eigenvalue weighted by Gasteiger charge is -2.23. The number of nitrogens with zero attached hydrogens (tertiary/aromatic N) is 1. The quantitative estimate of drug-likeness (QED) is 0.0983. The number of carboxylic acids is 1. The van der Waals surface area contributed by atoms with Crippen LogP contribution in [0, 0.1) is 0 Å². The number of guanidine groups is 1. The molecule has 0 aliphatic heterocycles. The Bertz CT molecular complexity index is 527. The van der Waals surface area contributed by atoms with Crippen LogP contribution in [0.25, 0.3) is 0 Å². The molecule has 0 aromatic carbocycles. The Balaban J connectivity index is 5.06. The van der Waals surface area contributed by atoms with E-state index in [-0.39, 0.29) is 25.3 Å². The van der Waals surface area contributed by atoms with E-state index < -0.39 is 42.0 Å². The predicted octanol–water partition coefficient (Wildman–Crippen LogP) is -2.44. The lowest BCUT2D eigenvalue weighted by Crippen LogP contribution is -2.56. The van der Waals surface area contributed by atoms with E-state index >= 15 is 0 Å². The number of nitrogens with one attached hydrogen (secondary N) is 2. The summed E-state index contributed by atoms with van der Waals surface area (Å²) >= 11 is 1.45. The number of aliphatic hydroxyl groups excluding tert-OH is 1. The molecule has 0 spiro atoms. The average molecular weight is 407 g/mol. The lowest BCUT2D eigenvalue weighted by molar-refractivity contribution is -0.142.